The number of halogens is 1. The number of para-hydroxylation sites is 1. The van der Waals surface area contributed by atoms with Crippen LogP contribution in [0.2, 0.25) is 0 Å². The largest absolute Gasteiger partial charge is 0.492 e. The van der Waals surface area contributed by atoms with Crippen molar-refractivity contribution in [3.63, 3.8) is 0 Å². The smallest absolute Gasteiger partial charge is 0.257 e. The van der Waals surface area contributed by atoms with Crippen molar-refractivity contribution >= 4 is 27.3 Å². The second kappa shape index (κ2) is 7.33. The molecule has 138 valence electrons. The van der Waals surface area contributed by atoms with E-state index in [1.807, 2.05) is 0 Å². The highest BCUT2D eigenvalue weighted by atomic mass is 32.2. The van der Waals surface area contributed by atoms with Crippen LogP contribution >= 0.6 is 0 Å². The third-order valence-corrected chi connectivity index (χ3v) is 5.73. The quantitative estimate of drug-likeness (QED) is 0.774. The molecular weight excluding hydrogens is 359 g/mol. The normalized spacial score (nSPS) is 13.9. The van der Waals surface area contributed by atoms with Crippen LogP contribution < -0.4 is 14.8 Å². The van der Waals surface area contributed by atoms with Crippen LogP contribution in [0.25, 0.3) is 0 Å². The number of amides is 1. The lowest BCUT2D eigenvalue weighted by molar-refractivity contribution is 0.102. The minimum absolute atomic E-state index is 0.170. The number of anilines is 2. The van der Waals surface area contributed by atoms with Crippen LogP contribution in [0.5, 0.6) is 5.75 Å². The van der Waals surface area contributed by atoms with Gasteiger partial charge in [0.2, 0.25) is 10.0 Å². The third kappa shape index (κ3) is 4.13. The van der Waals surface area contributed by atoms with Gasteiger partial charge in [0.15, 0.2) is 0 Å². The zero-order chi connectivity index (χ0) is 18.7. The second-order valence-corrected chi connectivity index (χ2v) is 7.88. The number of hydrogen-bond donors (Lipinski definition) is 2. The van der Waals surface area contributed by atoms with E-state index in [2.05, 4.69) is 10.0 Å². The maximum Gasteiger partial charge on any atom is 0.257 e. The van der Waals surface area contributed by atoms with Crippen molar-refractivity contribution in [2.24, 2.45) is 0 Å². The molecule has 0 heterocycles. The van der Waals surface area contributed by atoms with Crippen LogP contribution in [0.1, 0.15) is 30.1 Å². The predicted octanol–water partition coefficient (Wildman–Crippen LogP) is 3.38. The van der Waals surface area contributed by atoms with Crippen molar-refractivity contribution < 1.29 is 22.3 Å². The molecule has 3 rings (SSSR count). The Balaban J connectivity index is 1.85. The Labute approximate surface area is 151 Å². The summed E-state index contributed by atoms with van der Waals surface area (Å²) in [5.41, 5.74) is 0.679. The monoisotopic (exact) mass is 378 g/mol. The Morgan fingerprint density at radius 2 is 1.92 bits per heavy atom. The van der Waals surface area contributed by atoms with Gasteiger partial charge in [-0.25, -0.2) is 12.8 Å². The number of carbonyl (C=O) groups excluding carboxylic acids is 1. The summed E-state index contributed by atoms with van der Waals surface area (Å²) in [6.45, 7) is 2.06. The highest BCUT2D eigenvalue weighted by Gasteiger charge is 2.36. The van der Waals surface area contributed by atoms with Crippen molar-refractivity contribution in [1.29, 1.82) is 0 Å². The average molecular weight is 378 g/mol. The lowest BCUT2D eigenvalue weighted by atomic mass is 10.1. The zero-order valence-electron chi connectivity index (χ0n) is 14.2. The highest BCUT2D eigenvalue weighted by molar-refractivity contribution is 7.93. The van der Waals surface area contributed by atoms with Crippen LogP contribution in [0, 0.1) is 5.82 Å². The molecule has 2 aromatic carbocycles. The average Bonchev–Trinajstić information content (AvgIpc) is 3.43. The minimum Gasteiger partial charge on any atom is -0.492 e. The van der Waals surface area contributed by atoms with Crippen molar-refractivity contribution in [2.45, 2.75) is 25.0 Å². The van der Waals surface area contributed by atoms with Gasteiger partial charge in [0.25, 0.3) is 5.91 Å². The molecule has 1 fully saturated rings. The van der Waals surface area contributed by atoms with Gasteiger partial charge in [-0.15, -0.1) is 0 Å². The fraction of sp³-hybridized carbons (Fsp3) is 0.278. The molecule has 1 amide bonds. The number of sulfonamides is 1. The molecule has 0 bridgehead atoms. The molecule has 1 aliphatic carbocycles. The Morgan fingerprint density at radius 1 is 1.19 bits per heavy atom. The maximum absolute atomic E-state index is 13.4. The Morgan fingerprint density at radius 3 is 2.62 bits per heavy atom. The van der Waals surface area contributed by atoms with Crippen LogP contribution in [-0.4, -0.2) is 26.2 Å². The highest BCUT2D eigenvalue weighted by Crippen LogP contribution is 2.31. The first-order valence-electron chi connectivity index (χ1n) is 8.25. The van der Waals surface area contributed by atoms with E-state index in [-0.39, 0.29) is 17.0 Å². The van der Waals surface area contributed by atoms with E-state index in [0.29, 0.717) is 25.1 Å². The second-order valence-electron chi connectivity index (χ2n) is 5.92. The Hall–Kier alpha value is -2.61. The molecule has 26 heavy (non-hydrogen) atoms. The van der Waals surface area contributed by atoms with Gasteiger partial charge in [0.1, 0.15) is 11.6 Å². The van der Waals surface area contributed by atoms with Crippen molar-refractivity contribution in [2.75, 3.05) is 16.6 Å². The van der Waals surface area contributed by atoms with E-state index in [1.54, 1.807) is 19.1 Å². The lowest BCUT2D eigenvalue weighted by Gasteiger charge is -2.14. The molecule has 2 aromatic rings. The van der Waals surface area contributed by atoms with Crippen LogP contribution in [0.4, 0.5) is 15.8 Å². The molecule has 0 atom stereocenters. The Kier molecular flexibility index (Phi) is 5.13. The molecule has 6 nitrogen and oxygen atoms in total. The molecule has 2 N–H and O–H groups in total. The molecule has 0 aromatic heterocycles. The number of rotatable bonds is 7. The first kappa shape index (κ1) is 18.2. The van der Waals surface area contributed by atoms with Gasteiger partial charge in [-0.1, -0.05) is 12.1 Å². The van der Waals surface area contributed by atoms with Gasteiger partial charge in [-0.3, -0.25) is 9.52 Å². The van der Waals surface area contributed by atoms with Crippen LogP contribution in [0.15, 0.2) is 42.5 Å². The molecule has 1 saturated carbocycles. The summed E-state index contributed by atoms with van der Waals surface area (Å²) in [7, 11) is -3.50. The fourth-order valence-corrected chi connectivity index (χ4v) is 3.86. The molecule has 8 heteroatoms. The third-order valence-electron chi connectivity index (χ3n) is 3.88. The topological polar surface area (TPSA) is 84.5 Å². The fourth-order valence-electron chi connectivity index (χ4n) is 2.45. The van der Waals surface area contributed by atoms with Crippen molar-refractivity contribution in [3.8, 4) is 5.75 Å². The van der Waals surface area contributed by atoms with Gasteiger partial charge < -0.3 is 10.1 Å². The maximum atomic E-state index is 13.4. The number of nitrogens with one attached hydrogen (secondary N) is 2. The Bertz CT molecular complexity index is 927. The predicted molar refractivity (Wildman–Crippen MR) is 97.5 cm³/mol. The number of hydrogen-bond acceptors (Lipinski definition) is 4. The summed E-state index contributed by atoms with van der Waals surface area (Å²) in [6, 6.07) is 10.1. The van der Waals surface area contributed by atoms with Crippen LogP contribution in [-0.2, 0) is 10.0 Å². The van der Waals surface area contributed by atoms with Gasteiger partial charge in [-0.2, -0.15) is 0 Å². The summed E-state index contributed by atoms with van der Waals surface area (Å²) in [5.74, 6) is -0.799. The molecule has 0 spiro atoms. The van der Waals surface area contributed by atoms with Gasteiger partial charge in [0.05, 0.1) is 28.8 Å². The minimum atomic E-state index is -3.50. The van der Waals surface area contributed by atoms with E-state index in [0.717, 1.165) is 0 Å². The molecule has 0 radical (unpaired) electrons. The molecule has 0 saturated heterocycles. The number of benzene rings is 2. The van der Waals surface area contributed by atoms with E-state index in [1.165, 1.54) is 30.3 Å². The summed E-state index contributed by atoms with van der Waals surface area (Å²) < 4.78 is 45.6. The first-order valence-corrected chi connectivity index (χ1v) is 9.79. The summed E-state index contributed by atoms with van der Waals surface area (Å²) >= 11 is 0. The first-order chi connectivity index (χ1) is 12.4. The summed E-state index contributed by atoms with van der Waals surface area (Å²) in [5, 5.41) is 2.24. The molecular formula is C18H19FN2O4S. The van der Waals surface area contributed by atoms with E-state index in [9.17, 15) is 17.6 Å². The van der Waals surface area contributed by atoms with Gasteiger partial charge in [0, 0.05) is 6.07 Å². The summed E-state index contributed by atoms with van der Waals surface area (Å²) in [4.78, 5) is 12.7. The van der Waals surface area contributed by atoms with Gasteiger partial charge >= 0.3 is 0 Å². The lowest BCUT2D eigenvalue weighted by Crippen LogP contribution is -2.21. The van der Waals surface area contributed by atoms with Crippen LogP contribution in [0.3, 0.4) is 0 Å². The van der Waals surface area contributed by atoms with Gasteiger partial charge in [-0.05, 0) is 44.0 Å². The summed E-state index contributed by atoms with van der Waals surface area (Å²) in [6.07, 6.45) is 1.24. The zero-order valence-corrected chi connectivity index (χ0v) is 15.0. The van der Waals surface area contributed by atoms with Crippen molar-refractivity contribution in [1.82, 2.24) is 0 Å². The van der Waals surface area contributed by atoms with E-state index >= 15 is 0 Å². The molecule has 1 aliphatic rings. The molecule has 0 unspecified atom stereocenters. The SMILES string of the molecule is CCOc1cc(F)ccc1NC(=O)c1ccccc1NS(=O)(=O)C1CC1. The van der Waals surface area contributed by atoms with E-state index in [4.69, 9.17) is 4.74 Å². The molecule has 0 aliphatic heterocycles. The number of carbonyl (C=O) groups is 1. The number of ether oxygens (including phenoxy) is 1. The standard InChI is InChI=1S/C18H19FN2O4S/c1-2-25-17-11-12(19)7-10-16(17)20-18(22)14-5-3-4-6-15(14)21-26(23,24)13-8-9-13/h3-7,10-11,13,21H,2,8-9H2,1H3,(H,20,22). The van der Waals surface area contributed by atoms with Crippen molar-refractivity contribution in [3.05, 3.63) is 53.8 Å². The van der Waals surface area contributed by atoms with E-state index < -0.39 is 27.0 Å².